The number of methoxy groups -OCH3 is 1. The maximum Gasteiger partial charge on any atom is 0.305 e. The molecule has 1 aromatic heterocycles. The van der Waals surface area contributed by atoms with Crippen molar-refractivity contribution in [2.24, 2.45) is 0 Å². The summed E-state index contributed by atoms with van der Waals surface area (Å²) in [6.07, 6.45) is 5.00. The van der Waals surface area contributed by atoms with Gasteiger partial charge in [-0.1, -0.05) is 18.2 Å². The van der Waals surface area contributed by atoms with Gasteiger partial charge < -0.3 is 14.7 Å². The van der Waals surface area contributed by atoms with E-state index in [0.717, 1.165) is 11.3 Å². The van der Waals surface area contributed by atoms with E-state index in [1.54, 1.807) is 22.9 Å². The van der Waals surface area contributed by atoms with Gasteiger partial charge in [0.25, 0.3) is 0 Å². The zero-order chi connectivity index (χ0) is 18.5. The lowest BCUT2D eigenvalue weighted by atomic mass is 10.1. The number of aryl methyl sites for hydroxylation is 1. The maximum absolute atomic E-state index is 12.6. The largest absolute Gasteiger partial charge is 0.481 e. The number of aliphatic carboxylic acids is 1. The minimum atomic E-state index is -0.895. The van der Waals surface area contributed by atoms with Crippen LogP contribution in [-0.2, 0) is 20.7 Å². The van der Waals surface area contributed by atoms with Gasteiger partial charge in [0.05, 0.1) is 24.4 Å². The summed E-state index contributed by atoms with van der Waals surface area (Å²) < 4.78 is 7.10. The van der Waals surface area contributed by atoms with E-state index < -0.39 is 5.97 Å². The fourth-order valence-electron chi connectivity index (χ4n) is 3.35. The number of aromatic nitrogens is 2. The van der Waals surface area contributed by atoms with Crippen molar-refractivity contribution in [3.63, 3.8) is 0 Å². The second kappa shape index (κ2) is 8.14. The molecule has 1 aliphatic rings. The lowest BCUT2D eigenvalue weighted by Crippen LogP contribution is -2.37. The van der Waals surface area contributed by atoms with Crippen LogP contribution in [0, 0.1) is 0 Å². The van der Waals surface area contributed by atoms with Gasteiger partial charge >= 0.3 is 5.97 Å². The number of likely N-dealkylation sites (tertiary alicyclic amines) is 1. The molecule has 2 heterocycles. The van der Waals surface area contributed by atoms with E-state index >= 15 is 0 Å². The highest BCUT2D eigenvalue weighted by molar-refractivity contribution is 5.78. The highest BCUT2D eigenvalue weighted by atomic mass is 16.5. The molecule has 1 aromatic carbocycles. The van der Waals surface area contributed by atoms with Crippen molar-refractivity contribution < 1.29 is 19.4 Å². The second-order valence-corrected chi connectivity index (χ2v) is 6.52. The predicted molar refractivity (Wildman–Crippen MR) is 95.1 cm³/mol. The molecule has 0 radical (unpaired) electrons. The Morgan fingerprint density at radius 3 is 2.77 bits per heavy atom. The van der Waals surface area contributed by atoms with E-state index in [9.17, 15) is 9.59 Å². The predicted octanol–water partition coefficient (Wildman–Crippen LogP) is 1.90. The van der Waals surface area contributed by atoms with Crippen molar-refractivity contribution in [1.82, 2.24) is 14.7 Å². The van der Waals surface area contributed by atoms with Crippen LogP contribution in [0.15, 0.2) is 42.7 Å². The van der Waals surface area contributed by atoms with Crippen LogP contribution in [0.5, 0.6) is 0 Å². The van der Waals surface area contributed by atoms with Gasteiger partial charge in [0.2, 0.25) is 5.91 Å². The van der Waals surface area contributed by atoms with Crippen LogP contribution in [-0.4, -0.2) is 57.5 Å². The van der Waals surface area contributed by atoms with E-state index in [1.165, 1.54) is 0 Å². The van der Waals surface area contributed by atoms with Crippen LogP contribution < -0.4 is 0 Å². The first-order valence-electron chi connectivity index (χ1n) is 8.70. The number of para-hydroxylation sites is 1. The first kappa shape index (κ1) is 18.1. The summed E-state index contributed by atoms with van der Waals surface area (Å²) in [5.41, 5.74) is 1.94. The Bertz CT molecular complexity index is 759. The summed E-state index contributed by atoms with van der Waals surface area (Å²) in [6, 6.07) is 9.48. The minimum Gasteiger partial charge on any atom is -0.481 e. The third-order valence-corrected chi connectivity index (χ3v) is 4.72. The molecule has 0 saturated carbocycles. The third-order valence-electron chi connectivity index (χ3n) is 4.72. The van der Waals surface area contributed by atoms with Crippen molar-refractivity contribution in [1.29, 1.82) is 0 Å². The van der Waals surface area contributed by atoms with E-state index in [2.05, 4.69) is 5.10 Å². The monoisotopic (exact) mass is 357 g/mol. The Labute approximate surface area is 152 Å². The molecular formula is C19H23N3O4. The van der Waals surface area contributed by atoms with Gasteiger partial charge in [0.1, 0.15) is 0 Å². The first-order chi connectivity index (χ1) is 12.6. The fraction of sp³-hybridized carbons (Fsp3) is 0.421. The highest BCUT2D eigenvalue weighted by Crippen LogP contribution is 2.24. The summed E-state index contributed by atoms with van der Waals surface area (Å²) in [4.78, 5) is 25.3. The number of nitrogens with zero attached hydrogens (tertiary/aromatic N) is 3. The second-order valence-electron chi connectivity index (χ2n) is 6.52. The molecule has 138 valence electrons. The molecule has 1 amide bonds. The normalized spacial score (nSPS) is 19.7. The number of hydrogen-bond acceptors (Lipinski definition) is 4. The Hall–Kier alpha value is -2.67. The standard InChI is InChI=1S/C19H23N3O4/c1-26-17-9-16(10-19(24)25)21(13-17)18(23)8-7-14-11-20-22(12-14)15-5-3-2-4-6-15/h2-6,11-12,16-17H,7-10,13H2,1H3,(H,24,25). The topological polar surface area (TPSA) is 84.7 Å². The van der Waals surface area contributed by atoms with E-state index in [4.69, 9.17) is 9.84 Å². The average Bonchev–Trinajstić information content (AvgIpc) is 3.27. The van der Waals surface area contributed by atoms with E-state index in [-0.39, 0.29) is 24.5 Å². The van der Waals surface area contributed by atoms with Gasteiger partial charge in [-0.05, 0) is 30.5 Å². The van der Waals surface area contributed by atoms with Crippen LogP contribution in [0.2, 0.25) is 0 Å². The van der Waals surface area contributed by atoms with Gasteiger partial charge in [-0.15, -0.1) is 0 Å². The molecule has 7 nitrogen and oxygen atoms in total. The molecule has 0 aliphatic carbocycles. The number of carbonyl (C=O) groups excluding carboxylic acids is 1. The zero-order valence-electron chi connectivity index (χ0n) is 14.7. The lowest BCUT2D eigenvalue weighted by Gasteiger charge is -2.23. The van der Waals surface area contributed by atoms with Gasteiger partial charge in [-0.3, -0.25) is 9.59 Å². The SMILES string of the molecule is COC1CC(CC(=O)O)N(C(=O)CCc2cnn(-c3ccccc3)c2)C1. The fourth-order valence-corrected chi connectivity index (χ4v) is 3.35. The summed E-state index contributed by atoms with van der Waals surface area (Å²) in [6.45, 7) is 0.455. The van der Waals surface area contributed by atoms with Crippen LogP contribution in [0.1, 0.15) is 24.8 Å². The van der Waals surface area contributed by atoms with Crippen LogP contribution in [0.25, 0.3) is 5.69 Å². The molecule has 0 spiro atoms. The minimum absolute atomic E-state index is 0.0386. The molecule has 1 aliphatic heterocycles. The molecule has 0 bridgehead atoms. The van der Waals surface area contributed by atoms with Crippen LogP contribution in [0.4, 0.5) is 0 Å². The average molecular weight is 357 g/mol. The Kier molecular flexibility index (Phi) is 5.68. The smallest absolute Gasteiger partial charge is 0.305 e. The van der Waals surface area contributed by atoms with Crippen molar-refractivity contribution >= 4 is 11.9 Å². The quantitative estimate of drug-likeness (QED) is 0.818. The molecule has 1 N–H and O–H groups in total. The number of rotatable bonds is 7. The number of amides is 1. The van der Waals surface area contributed by atoms with Gasteiger partial charge in [0.15, 0.2) is 0 Å². The summed E-state index contributed by atoms with van der Waals surface area (Å²) in [5, 5.41) is 13.4. The summed E-state index contributed by atoms with van der Waals surface area (Å²) in [5.74, 6) is -0.933. The van der Waals surface area contributed by atoms with Gasteiger partial charge in [-0.25, -0.2) is 4.68 Å². The Balaban J connectivity index is 1.59. The van der Waals surface area contributed by atoms with Crippen LogP contribution in [0.3, 0.4) is 0 Å². The molecular weight excluding hydrogens is 334 g/mol. The highest BCUT2D eigenvalue weighted by Gasteiger charge is 2.36. The molecule has 2 atom stereocenters. The molecule has 1 fully saturated rings. The molecule has 2 unspecified atom stereocenters. The first-order valence-corrected chi connectivity index (χ1v) is 8.70. The van der Waals surface area contributed by atoms with Gasteiger partial charge in [0, 0.05) is 32.3 Å². The number of ether oxygens (including phenoxy) is 1. The molecule has 2 aromatic rings. The van der Waals surface area contributed by atoms with E-state index in [1.807, 2.05) is 36.5 Å². The summed E-state index contributed by atoms with van der Waals surface area (Å²) >= 11 is 0. The van der Waals surface area contributed by atoms with E-state index in [0.29, 0.717) is 25.8 Å². The Morgan fingerprint density at radius 1 is 1.31 bits per heavy atom. The lowest BCUT2D eigenvalue weighted by molar-refractivity contribution is -0.139. The number of carboxylic acid groups (broad SMARTS) is 1. The van der Waals surface area contributed by atoms with Crippen LogP contribution >= 0.6 is 0 Å². The molecule has 26 heavy (non-hydrogen) atoms. The number of benzene rings is 1. The number of hydrogen-bond donors (Lipinski definition) is 1. The third kappa shape index (κ3) is 4.29. The number of carbonyl (C=O) groups is 2. The zero-order valence-corrected chi connectivity index (χ0v) is 14.7. The van der Waals surface area contributed by atoms with Crippen molar-refractivity contribution in [2.75, 3.05) is 13.7 Å². The molecule has 1 saturated heterocycles. The number of carboxylic acids is 1. The molecule has 7 heteroatoms. The van der Waals surface area contributed by atoms with Crippen molar-refractivity contribution in [2.45, 2.75) is 37.8 Å². The van der Waals surface area contributed by atoms with Crippen molar-refractivity contribution in [3.8, 4) is 5.69 Å². The maximum atomic E-state index is 12.6. The Morgan fingerprint density at radius 2 is 2.08 bits per heavy atom. The molecule has 3 rings (SSSR count). The van der Waals surface area contributed by atoms with Crippen molar-refractivity contribution in [3.05, 3.63) is 48.3 Å². The summed E-state index contributed by atoms with van der Waals surface area (Å²) in [7, 11) is 1.59. The van der Waals surface area contributed by atoms with Gasteiger partial charge in [-0.2, -0.15) is 5.10 Å².